The first kappa shape index (κ1) is 75.7. The highest BCUT2D eigenvalue weighted by molar-refractivity contribution is 7.38. The number of rotatable bonds is 55. The van der Waals surface area contributed by atoms with Crippen molar-refractivity contribution < 1.29 is 49.8 Å². The molecule has 0 spiro atoms. The molecule has 0 radical (unpaired) electrons. The van der Waals surface area contributed by atoms with Crippen LogP contribution in [0.2, 0.25) is 0 Å². The molecule has 0 aromatic heterocycles. The number of aliphatic hydroxyl groups excluding tert-OH is 3. The number of aliphatic hydroxyl groups is 4. The van der Waals surface area contributed by atoms with Crippen molar-refractivity contribution >= 4 is 17.2 Å². The lowest BCUT2D eigenvalue weighted by molar-refractivity contribution is -0.193. The highest BCUT2D eigenvalue weighted by Crippen LogP contribution is 2.44. The van der Waals surface area contributed by atoms with Crippen LogP contribution in [0.3, 0.4) is 0 Å². The van der Waals surface area contributed by atoms with Crippen LogP contribution in [0.25, 0.3) is 0 Å². The van der Waals surface area contributed by atoms with Gasteiger partial charge in [0, 0.05) is 0 Å². The van der Waals surface area contributed by atoms with Crippen LogP contribution in [0, 0.1) is 5.41 Å². The zero-order chi connectivity index (χ0) is 53.2. The Kier molecular flexibility index (Phi) is 65.4. The van der Waals surface area contributed by atoms with Gasteiger partial charge in [-0.1, -0.05) is 329 Å². The van der Waals surface area contributed by atoms with Crippen LogP contribution in [0.1, 0.15) is 348 Å². The molecular formula is C59H126O10P2. The van der Waals surface area contributed by atoms with E-state index in [-0.39, 0.29) is 13.2 Å². The van der Waals surface area contributed by atoms with Crippen LogP contribution in [0.5, 0.6) is 0 Å². The van der Waals surface area contributed by atoms with E-state index in [1.807, 2.05) is 0 Å². The summed E-state index contributed by atoms with van der Waals surface area (Å²) >= 11 is 0. The Morgan fingerprint density at radius 2 is 0.437 bits per heavy atom. The molecule has 0 aromatic carbocycles. The molecule has 10 nitrogen and oxygen atoms in total. The second-order valence-electron chi connectivity index (χ2n) is 21.8. The van der Waals surface area contributed by atoms with Gasteiger partial charge < -0.3 is 49.8 Å². The smallest absolute Gasteiger partial charge is 0.324 e. The zero-order valence-corrected chi connectivity index (χ0v) is 49.2. The van der Waals surface area contributed by atoms with Crippen molar-refractivity contribution in [3.8, 4) is 0 Å². The van der Waals surface area contributed by atoms with Crippen molar-refractivity contribution in [2.45, 2.75) is 360 Å². The predicted octanol–water partition coefficient (Wildman–Crippen LogP) is 17.4. The summed E-state index contributed by atoms with van der Waals surface area (Å²) in [6.07, 6.45) is 63.7. The molecule has 0 bridgehead atoms. The first-order valence-electron chi connectivity index (χ1n) is 30.8. The van der Waals surface area contributed by atoms with Crippen LogP contribution < -0.4 is 0 Å². The van der Waals surface area contributed by atoms with Crippen molar-refractivity contribution in [1.29, 1.82) is 0 Å². The quantitative estimate of drug-likeness (QED) is 0.0206. The summed E-state index contributed by atoms with van der Waals surface area (Å²) in [5, 5.41) is 46.0. The topological polar surface area (TPSA) is 202 Å². The summed E-state index contributed by atoms with van der Waals surface area (Å²) in [4.78, 5) is 43.4. The molecule has 71 heavy (non-hydrogen) atoms. The van der Waals surface area contributed by atoms with Gasteiger partial charge in [0.05, 0.1) is 30.3 Å². The third kappa shape index (κ3) is 55.0. The van der Waals surface area contributed by atoms with E-state index >= 15 is 0 Å². The maximum Gasteiger partial charge on any atom is 0.324 e. The van der Waals surface area contributed by atoms with Gasteiger partial charge in [0.15, 0.2) is 0 Å². The Morgan fingerprint density at radius 1 is 0.282 bits per heavy atom. The average Bonchev–Trinajstić information content (AvgIpc) is 3.33. The van der Waals surface area contributed by atoms with Gasteiger partial charge in [0.25, 0.3) is 0 Å². The molecule has 1 unspecified atom stereocenters. The van der Waals surface area contributed by atoms with Crippen LogP contribution in [0.15, 0.2) is 0 Å². The van der Waals surface area contributed by atoms with Crippen molar-refractivity contribution in [1.82, 2.24) is 0 Å². The Hall–Kier alpha value is 0.460. The molecule has 1 atom stereocenters. The van der Waals surface area contributed by atoms with Gasteiger partial charge in [-0.25, -0.2) is 0 Å². The molecule has 0 heterocycles. The Balaban J connectivity index is -0.00000533. The van der Waals surface area contributed by atoms with Gasteiger partial charge in [-0.05, 0) is 19.3 Å². The zero-order valence-electron chi connectivity index (χ0n) is 47.4. The monoisotopic (exact) mass is 1060 g/mol. The third-order valence-electron chi connectivity index (χ3n) is 15.3. The minimum atomic E-state index is -2.62. The molecule has 0 aromatic rings. The van der Waals surface area contributed by atoms with E-state index in [2.05, 4.69) is 20.8 Å². The normalized spacial score (nSPS) is 12.4. The van der Waals surface area contributed by atoms with Gasteiger partial charge in [-0.15, -0.1) is 0 Å². The second kappa shape index (κ2) is 61.3. The van der Waals surface area contributed by atoms with Gasteiger partial charge in [0.1, 0.15) is 0 Å². The minimum Gasteiger partial charge on any atom is -0.395 e. The Labute approximate surface area is 443 Å². The summed E-state index contributed by atoms with van der Waals surface area (Å²) in [6, 6.07) is 0. The molecule has 0 amide bonds. The van der Waals surface area contributed by atoms with Crippen LogP contribution >= 0.6 is 17.2 Å². The van der Waals surface area contributed by atoms with Gasteiger partial charge >= 0.3 is 17.2 Å². The fraction of sp³-hybridized carbons (Fsp3) is 1.00. The summed E-state index contributed by atoms with van der Waals surface area (Å²) in [5.41, 5.74) is -2.52. The Bertz CT molecular complexity index is 914. The molecule has 12 heteroatoms. The van der Waals surface area contributed by atoms with E-state index < -0.39 is 34.3 Å². The largest absolute Gasteiger partial charge is 0.395 e. The lowest BCUT2D eigenvalue weighted by Gasteiger charge is -2.48. The molecule has 0 aliphatic rings. The van der Waals surface area contributed by atoms with Crippen LogP contribution in [-0.4, -0.2) is 74.7 Å². The highest BCUT2D eigenvalue weighted by atomic mass is 31.2. The van der Waals surface area contributed by atoms with Gasteiger partial charge in [-0.3, -0.25) is 0 Å². The summed E-state index contributed by atoms with van der Waals surface area (Å²) < 4.78 is 0. The number of hydrogen-bond acceptors (Lipinski definition) is 10. The highest BCUT2D eigenvalue weighted by Gasteiger charge is 2.53. The molecule has 0 saturated carbocycles. The van der Waals surface area contributed by atoms with Crippen LogP contribution in [-0.2, 0) is 0 Å². The average molecular weight is 1060 g/mol. The summed E-state index contributed by atoms with van der Waals surface area (Å²) in [6.45, 7) is 6.14. The number of hydrogen-bond donors (Lipinski definition) is 10. The lowest BCUT2D eigenvalue weighted by atomic mass is 9.63. The van der Waals surface area contributed by atoms with E-state index in [1.54, 1.807) is 0 Å². The molecule has 432 valence electrons. The standard InChI is InChI=1S/C59H120O4.2H3O3P/c1-4-7-10-13-16-19-22-25-28-31-34-37-40-43-46-49-52-57(62)58(55-60,56-61)59(63,53-50-47-44-41-38-35-32-29-26-23-20-17-14-11-8-5-2)54-51-48-45-42-39-36-33-30-27-24-21-18-15-12-9-6-3;2*1-4(2)3/h57,60-63H,4-56H2,1-3H3;2*1-3H. The molecule has 0 aliphatic heterocycles. The molecule has 0 rings (SSSR count). The SMILES string of the molecule is CCCCCCCCCCCCCCCCCCC(O)C(CO)(CO)C(O)(CCCCCCCCCCCCCCCCCC)CCCCCCCCCCCCCCCCCC.OP(O)O.OP(O)O. The van der Waals surface area contributed by atoms with E-state index in [0.29, 0.717) is 19.3 Å². The van der Waals surface area contributed by atoms with E-state index in [0.717, 1.165) is 38.5 Å². The van der Waals surface area contributed by atoms with E-state index in [9.17, 15) is 20.4 Å². The van der Waals surface area contributed by atoms with Crippen LogP contribution in [0.4, 0.5) is 0 Å². The molecule has 0 saturated heterocycles. The van der Waals surface area contributed by atoms with E-state index in [4.69, 9.17) is 29.4 Å². The molecule has 0 fully saturated rings. The second-order valence-corrected chi connectivity index (χ2v) is 22.8. The van der Waals surface area contributed by atoms with Crippen molar-refractivity contribution in [3.05, 3.63) is 0 Å². The fourth-order valence-corrected chi connectivity index (χ4v) is 10.6. The van der Waals surface area contributed by atoms with Crippen molar-refractivity contribution in [2.24, 2.45) is 5.41 Å². The van der Waals surface area contributed by atoms with Gasteiger partial charge in [0.2, 0.25) is 0 Å². The molecule has 0 aliphatic carbocycles. The van der Waals surface area contributed by atoms with Crippen molar-refractivity contribution in [3.63, 3.8) is 0 Å². The number of unbranched alkanes of at least 4 members (excludes halogenated alkanes) is 45. The first-order valence-corrected chi connectivity index (χ1v) is 33.2. The van der Waals surface area contributed by atoms with Crippen molar-refractivity contribution in [2.75, 3.05) is 13.2 Å². The van der Waals surface area contributed by atoms with Gasteiger partial charge in [-0.2, -0.15) is 0 Å². The molecule has 10 N–H and O–H groups in total. The lowest BCUT2D eigenvalue weighted by Crippen LogP contribution is -2.59. The maximum absolute atomic E-state index is 12.5. The maximum atomic E-state index is 12.5. The molecular weight excluding hydrogens is 931 g/mol. The first-order chi connectivity index (χ1) is 34.4. The summed E-state index contributed by atoms with van der Waals surface area (Å²) in [7, 11) is -5.24. The fourth-order valence-electron chi connectivity index (χ4n) is 10.6. The predicted molar refractivity (Wildman–Crippen MR) is 307 cm³/mol. The third-order valence-corrected chi connectivity index (χ3v) is 15.3. The minimum absolute atomic E-state index is 0.363. The van der Waals surface area contributed by atoms with E-state index in [1.165, 1.54) is 270 Å². The Morgan fingerprint density at radius 3 is 0.606 bits per heavy atom. The summed E-state index contributed by atoms with van der Waals surface area (Å²) in [5.74, 6) is 0.